The van der Waals surface area contributed by atoms with Crippen LogP contribution in [0.1, 0.15) is 29.9 Å². The lowest BCUT2D eigenvalue weighted by Gasteiger charge is -2.12. The molecule has 0 radical (unpaired) electrons. The third kappa shape index (κ3) is 2.82. The Morgan fingerprint density at radius 1 is 1.56 bits per heavy atom. The number of rotatable bonds is 4. The van der Waals surface area contributed by atoms with Crippen molar-refractivity contribution in [1.29, 1.82) is 0 Å². The molecule has 3 N–H and O–H groups in total. The molecule has 0 aliphatic rings. The van der Waals surface area contributed by atoms with Crippen LogP contribution < -0.4 is 10.6 Å². The number of H-pyrrole nitrogens is 1. The van der Waals surface area contributed by atoms with Crippen LogP contribution in [0.3, 0.4) is 0 Å². The topological polar surface area (TPSA) is 86.9 Å². The summed E-state index contributed by atoms with van der Waals surface area (Å²) in [6.07, 6.45) is 1.44. The maximum absolute atomic E-state index is 11.7. The van der Waals surface area contributed by atoms with Gasteiger partial charge < -0.3 is 10.6 Å². The van der Waals surface area contributed by atoms with Gasteiger partial charge in [-0.15, -0.1) is 0 Å². The van der Waals surface area contributed by atoms with Crippen molar-refractivity contribution in [3.05, 3.63) is 17.5 Å². The van der Waals surface area contributed by atoms with Crippen LogP contribution in [-0.4, -0.2) is 34.6 Å². The molecule has 0 saturated carbocycles. The third-order valence-electron chi connectivity index (χ3n) is 2.17. The smallest absolute Gasteiger partial charge is 0.255 e. The number of aryl methyl sites for hydroxylation is 1. The van der Waals surface area contributed by atoms with E-state index in [0.717, 1.165) is 0 Å². The van der Waals surface area contributed by atoms with E-state index in [1.54, 1.807) is 13.8 Å². The van der Waals surface area contributed by atoms with Gasteiger partial charge in [0.05, 0.1) is 11.8 Å². The first kappa shape index (κ1) is 12.2. The minimum absolute atomic E-state index is 0.197. The highest BCUT2D eigenvalue weighted by atomic mass is 16.2. The molecule has 0 spiro atoms. The Bertz CT molecular complexity index is 386. The molecule has 6 heteroatoms. The summed E-state index contributed by atoms with van der Waals surface area (Å²) < 4.78 is 0. The lowest BCUT2D eigenvalue weighted by molar-refractivity contribution is -0.122. The number of nitrogens with zero attached hydrogens (tertiary/aromatic N) is 1. The van der Waals surface area contributed by atoms with E-state index < -0.39 is 6.04 Å². The molecule has 1 aromatic heterocycles. The van der Waals surface area contributed by atoms with Gasteiger partial charge >= 0.3 is 0 Å². The lowest BCUT2D eigenvalue weighted by Crippen LogP contribution is -2.44. The van der Waals surface area contributed by atoms with Crippen LogP contribution >= 0.6 is 0 Å². The molecule has 1 unspecified atom stereocenters. The molecule has 1 heterocycles. The van der Waals surface area contributed by atoms with E-state index in [0.29, 0.717) is 17.8 Å². The molecule has 2 amide bonds. The Balaban J connectivity index is 2.58. The second-order valence-corrected chi connectivity index (χ2v) is 3.50. The van der Waals surface area contributed by atoms with Gasteiger partial charge in [0.25, 0.3) is 5.91 Å². The molecule has 0 saturated heterocycles. The van der Waals surface area contributed by atoms with Crippen LogP contribution in [0.15, 0.2) is 6.20 Å². The molecule has 88 valence electrons. The highest BCUT2D eigenvalue weighted by Gasteiger charge is 2.17. The summed E-state index contributed by atoms with van der Waals surface area (Å²) in [5, 5.41) is 11.6. The van der Waals surface area contributed by atoms with Crippen molar-refractivity contribution in [2.75, 3.05) is 6.54 Å². The Hall–Kier alpha value is -1.85. The Morgan fingerprint density at radius 2 is 2.25 bits per heavy atom. The van der Waals surface area contributed by atoms with Crippen LogP contribution in [0, 0.1) is 6.92 Å². The number of nitrogens with one attached hydrogen (secondary N) is 3. The molecular weight excluding hydrogens is 208 g/mol. The normalized spacial score (nSPS) is 11.9. The van der Waals surface area contributed by atoms with Gasteiger partial charge in [-0.2, -0.15) is 5.10 Å². The van der Waals surface area contributed by atoms with Crippen LogP contribution in [-0.2, 0) is 4.79 Å². The quantitative estimate of drug-likeness (QED) is 0.671. The Kier molecular flexibility index (Phi) is 4.04. The monoisotopic (exact) mass is 224 g/mol. The summed E-state index contributed by atoms with van der Waals surface area (Å²) in [5.41, 5.74) is 1.14. The molecular formula is C10H16N4O2. The van der Waals surface area contributed by atoms with E-state index >= 15 is 0 Å². The van der Waals surface area contributed by atoms with Crippen molar-refractivity contribution in [1.82, 2.24) is 20.8 Å². The molecule has 0 bridgehead atoms. The molecule has 6 nitrogen and oxygen atoms in total. The second-order valence-electron chi connectivity index (χ2n) is 3.50. The van der Waals surface area contributed by atoms with Gasteiger partial charge in [-0.3, -0.25) is 14.7 Å². The predicted molar refractivity (Wildman–Crippen MR) is 58.9 cm³/mol. The van der Waals surface area contributed by atoms with Crippen molar-refractivity contribution in [3.8, 4) is 0 Å². The zero-order valence-corrected chi connectivity index (χ0v) is 9.63. The highest BCUT2D eigenvalue weighted by Crippen LogP contribution is 2.02. The fraction of sp³-hybridized carbons (Fsp3) is 0.500. The Morgan fingerprint density at radius 3 is 2.75 bits per heavy atom. The molecule has 0 aromatic carbocycles. The minimum atomic E-state index is -0.554. The lowest BCUT2D eigenvalue weighted by atomic mass is 10.2. The fourth-order valence-electron chi connectivity index (χ4n) is 1.25. The van der Waals surface area contributed by atoms with Crippen molar-refractivity contribution in [2.45, 2.75) is 26.8 Å². The molecule has 1 atom stereocenters. The van der Waals surface area contributed by atoms with Gasteiger partial charge in [-0.1, -0.05) is 0 Å². The maximum atomic E-state index is 11.7. The Labute approximate surface area is 93.8 Å². The number of aromatic nitrogens is 2. The van der Waals surface area contributed by atoms with Gasteiger partial charge in [-0.05, 0) is 20.8 Å². The van der Waals surface area contributed by atoms with Crippen LogP contribution in [0.5, 0.6) is 0 Å². The molecule has 0 aliphatic heterocycles. The number of likely N-dealkylation sites (N-methyl/N-ethyl adjacent to an activating group) is 1. The first-order valence-electron chi connectivity index (χ1n) is 5.14. The third-order valence-corrected chi connectivity index (χ3v) is 2.17. The zero-order chi connectivity index (χ0) is 12.1. The zero-order valence-electron chi connectivity index (χ0n) is 9.63. The minimum Gasteiger partial charge on any atom is -0.355 e. The van der Waals surface area contributed by atoms with Crippen molar-refractivity contribution < 1.29 is 9.59 Å². The summed E-state index contributed by atoms with van der Waals surface area (Å²) in [5.74, 6) is -0.498. The standard InChI is InChI=1S/C10H16N4O2/c1-4-11-9(15)7(3)13-10(16)8-5-12-14-6(8)2/h5,7H,4H2,1-3H3,(H,11,15)(H,12,14)(H,13,16). The average Bonchev–Trinajstić information content (AvgIpc) is 2.64. The number of amides is 2. The van der Waals surface area contributed by atoms with Crippen molar-refractivity contribution in [3.63, 3.8) is 0 Å². The van der Waals surface area contributed by atoms with E-state index in [-0.39, 0.29) is 11.8 Å². The van der Waals surface area contributed by atoms with Crippen molar-refractivity contribution >= 4 is 11.8 Å². The van der Waals surface area contributed by atoms with E-state index in [9.17, 15) is 9.59 Å². The van der Waals surface area contributed by atoms with E-state index in [4.69, 9.17) is 0 Å². The van der Waals surface area contributed by atoms with Gasteiger partial charge in [0.1, 0.15) is 6.04 Å². The second kappa shape index (κ2) is 5.29. The number of hydrogen-bond donors (Lipinski definition) is 3. The molecule has 1 aromatic rings. The van der Waals surface area contributed by atoms with Gasteiger partial charge in [-0.25, -0.2) is 0 Å². The summed E-state index contributed by atoms with van der Waals surface area (Å²) >= 11 is 0. The number of carbonyl (C=O) groups excluding carboxylic acids is 2. The summed E-state index contributed by atoms with van der Waals surface area (Å²) in [6, 6.07) is -0.554. The molecule has 1 rings (SSSR count). The van der Waals surface area contributed by atoms with Crippen LogP contribution in [0.25, 0.3) is 0 Å². The number of aromatic amines is 1. The molecule has 16 heavy (non-hydrogen) atoms. The SMILES string of the molecule is CCNC(=O)C(C)NC(=O)c1cn[nH]c1C. The summed E-state index contributed by atoms with van der Waals surface area (Å²) in [4.78, 5) is 23.1. The molecule has 0 aliphatic carbocycles. The predicted octanol–water partition coefficient (Wildman–Crippen LogP) is -0.0275. The number of hydrogen-bond acceptors (Lipinski definition) is 3. The van der Waals surface area contributed by atoms with E-state index in [1.165, 1.54) is 6.20 Å². The van der Waals surface area contributed by atoms with E-state index in [1.807, 2.05) is 6.92 Å². The largest absolute Gasteiger partial charge is 0.355 e. The molecule has 0 fully saturated rings. The number of carbonyl (C=O) groups is 2. The van der Waals surface area contributed by atoms with Crippen LogP contribution in [0.4, 0.5) is 0 Å². The van der Waals surface area contributed by atoms with Crippen LogP contribution in [0.2, 0.25) is 0 Å². The van der Waals surface area contributed by atoms with Gasteiger partial charge in [0, 0.05) is 12.2 Å². The maximum Gasteiger partial charge on any atom is 0.255 e. The fourth-order valence-corrected chi connectivity index (χ4v) is 1.25. The first-order chi connectivity index (χ1) is 7.56. The van der Waals surface area contributed by atoms with Crippen molar-refractivity contribution in [2.24, 2.45) is 0 Å². The van der Waals surface area contributed by atoms with Gasteiger partial charge in [0.2, 0.25) is 5.91 Å². The summed E-state index contributed by atoms with van der Waals surface area (Å²) in [7, 11) is 0. The average molecular weight is 224 g/mol. The van der Waals surface area contributed by atoms with E-state index in [2.05, 4.69) is 20.8 Å². The highest BCUT2D eigenvalue weighted by molar-refractivity contribution is 5.97. The summed E-state index contributed by atoms with van der Waals surface area (Å²) in [6.45, 7) is 5.76. The van der Waals surface area contributed by atoms with Gasteiger partial charge in [0.15, 0.2) is 0 Å². The first-order valence-corrected chi connectivity index (χ1v) is 5.14.